The molecule has 0 aliphatic carbocycles. The fraction of sp³-hybridized carbons (Fsp3) is 0.200. The van der Waals surface area contributed by atoms with Crippen molar-refractivity contribution in [1.82, 2.24) is 14.9 Å². The summed E-state index contributed by atoms with van der Waals surface area (Å²) in [5.74, 6) is 0.594. The number of rotatable bonds is 5. The minimum atomic E-state index is -0.467. The Morgan fingerprint density at radius 2 is 1.57 bits per heavy atom. The molecule has 0 aliphatic rings. The number of nitrogens with one attached hydrogen (secondary N) is 3. The number of halogens is 1. The zero-order valence-corrected chi connectivity index (χ0v) is 20.5. The van der Waals surface area contributed by atoms with Gasteiger partial charge >= 0.3 is 6.03 Å². The molecule has 4 aromatic rings. The number of nitrogens with zero attached hydrogens (tertiary/aromatic N) is 3. The summed E-state index contributed by atoms with van der Waals surface area (Å²) >= 11 is 6.37. The summed E-state index contributed by atoms with van der Waals surface area (Å²) in [5.41, 5.74) is 2.41. The van der Waals surface area contributed by atoms with Crippen molar-refractivity contribution in [3.63, 3.8) is 0 Å². The van der Waals surface area contributed by atoms with Crippen molar-refractivity contribution < 1.29 is 14.1 Å². The molecule has 2 aromatic heterocycles. The minimum Gasteiger partial charge on any atom is -0.359 e. The van der Waals surface area contributed by atoms with E-state index in [9.17, 15) is 9.59 Å². The number of carbonyl (C=O) groups is 2. The molecule has 0 atom stereocenters. The first kappa shape index (κ1) is 24.0. The van der Waals surface area contributed by atoms with Crippen LogP contribution in [0.25, 0.3) is 11.3 Å². The van der Waals surface area contributed by atoms with Gasteiger partial charge in [-0.1, -0.05) is 67.9 Å². The molecule has 10 heteroatoms. The number of amides is 3. The van der Waals surface area contributed by atoms with Crippen LogP contribution in [0, 0.1) is 0 Å². The van der Waals surface area contributed by atoms with Gasteiger partial charge in [0.2, 0.25) is 0 Å². The second-order valence-corrected chi connectivity index (χ2v) is 9.30. The number of aryl methyl sites for hydroxylation is 1. The van der Waals surface area contributed by atoms with E-state index in [2.05, 4.69) is 26.2 Å². The predicted molar refractivity (Wildman–Crippen MR) is 136 cm³/mol. The fourth-order valence-corrected chi connectivity index (χ4v) is 3.51. The zero-order chi connectivity index (χ0) is 25.2. The standard InChI is InChI=1S/C25H25ClN6O3/c1-25(2,3)18-14-19(31-35-18)29-24(34)28-17-12-10-16(11-13-17)27-23(33)20-21(30-32(4)22(20)26)15-8-6-5-7-9-15/h5-14H,1-4H3,(H,27,33)(H2,28,29,31,34). The highest BCUT2D eigenvalue weighted by Crippen LogP contribution is 2.29. The van der Waals surface area contributed by atoms with Gasteiger partial charge in [0.25, 0.3) is 5.91 Å². The van der Waals surface area contributed by atoms with Crippen molar-refractivity contribution >= 4 is 40.7 Å². The zero-order valence-electron chi connectivity index (χ0n) is 19.7. The molecule has 2 heterocycles. The topological polar surface area (TPSA) is 114 Å². The van der Waals surface area contributed by atoms with E-state index < -0.39 is 6.03 Å². The van der Waals surface area contributed by atoms with E-state index in [-0.39, 0.29) is 22.0 Å². The first-order valence-corrected chi connectivity index (χ1v) is 11.2. The highest BCUT2D eigenvalue weighted by molar-refractivity contribution is 6.34. The Kier molecular flexibility index (Phi) is 6.61. The van der Waals surface area contributed by atoms with Crippen LogP contribution < -0.4 is 16.0 Å². The molecule has 9 nitrogen and oxygen atoms in total. The number of hydrogen-bond donors (Lipinski definition) is 3. The molecular weight excluding hydrogens is 468 g/mol. The van der Waals surface area contributed by atoms with Crippen molar-refractivity contribution in [2.75, 3.05) is 16.0 Å². The van der Waals surface area contributed by atoms with Gasteiger partial charge in [-0.3, -0.25) is 14.8 Å². The van der Waals surface area contributed by atoms with E-state index in [0.29, 0.717) is 28.6 Å². The van der Waals surface area contributed by atoms with E-state index >= 15 is 0 Å². The van der Waals surface area contributed by atoms with Gasteiger partial charge in [-0.25, -0.2) is 4.79 Å². The highest BCUT2D eigenvalue weighted by Gasteiger charge is 2.23. The lowest BCUT2D eigenvalue weighted by Gasteiger charge is -2.12. The van der Waals surface area contributed by atoms with Crippen LogP contribution in [-0.2, 0) is 12.5 Å². The molecule has 0 unspecified atom stereocenters. The molecule has 4 rings (SSSR count). The molecule has 3 amide bonds. The van der Waals surface area contributed by atoms with Crippen LogP contribution in [0.1, 0.15) is 36.9 Å². The maximum atomic E-state index is 13.0. The predicted octanol–water partition coefficient (Wildman–Crippen LogP) is 5.92. The van der Waals surface area contributed by atoms with Crippen molar-refractivity contribution in [2.45, 2.75) is 26.2 Å². The monoisotopic (exact) mass is 492 g/mol. The van der Waals surface area contributed by atoms with E-state index in [4.69, 9.17) is 16.1 Å². The van der Waals surface area contributed by atoms with E-state index in [1.165, 1.54) is 4.68 Å². The summed E-state index contributed by atoms with van der Waals surface area (Å²) in [5, 5.41) is 16.7. The molecule has 0 bridgehead atoms. The smallest absolute Gasteiger partial charge is 0.324 e. The van der Waals surface area contributed by atoms with Gasteiger partial charge in [0.1, 0.15) is 22.2 Å². The van der Waals surface area contributed by atoms with E-state index in [1.54, 1.807) is 37.4 Å². The SMILES string of the molecule is Cn1nc(-c2ccccc2)c(C(=O)Nc2ccc(NC(=O)Nc3cc(C(C)(C)C)on3)cc2)c1Cl. The third-order valence-electron chi connectivity index (χ3n) is 5.14. The quantitative estimate of drug-likeness (QED) is 0.320. The van der Waals surface area contributed by atoms with Crippen molar-refractivity contribution in [2.24, 2.45) is 7.05 Å². The third kappa shape index (κ3) is 5.52. The second kappa shape index (κ2) is 9.63. The maximum Gasteiger partial charge on any atom is 0.324 e. The van der Waals surface area contributed by atoms with Crippen LogP contribution in [0.4, 0.5) is 22.0 Å². The molecule has 2 aromatic carbocycles. The lowest BCUT2D eigenvalue weighted by atomic mass is 9.93. The summed E-state index contributed by atoms with van der Waals surface area (Å²) < 4.78 is 6.73. The second-order valence-electron chi connectivity index (χ2n) is 8.94. The van der Waals surface area contributed by atoms with Crippen molar-refractivity contribution in [3.05, 3.63) is 77.1 Å². The summed E-state index contributed by atoms with van der Waals surface area (Å²) in [6.07, 6.45) is 0. The lowest BCUT2D eigenvalue weighted by molar-refractivity contribution is 0.102. The molecule has 0 fully saturated rings. The Bertz CT molecular complexity index is 1350. The molecule has 0 radical (unpaired) electrons. The number of hydrogen-bond acceptors (Lipinski definition) is 5. The molecule has 0 saturated carbocycles. The number of urea groups is 1. The first-order valence-electron chi connectivity index (χ1n) is 10.9. The number of carbonyl (C=O) groups excluding carboxylic acids is 2. The molecular formula is C25H25ClN6O3. The number of aromatic nitrogens is 3. The van der Waals surface area contributed by atoms with E-state index in [1.807, 2.05) is 51.1 Å². The molecule has 180 valence electrons. The third-order valence-corrected chi connectivity index (χ3v) is 5.58. The normalized spacial score (nSPS) is 11.2. The lowest BCUT2D eigenvalue weighted by Crippen LogP contribution is -2.19. The van der Waals surface area contributed by atoms with Crippen LogP contribution in [0.15, 0.2) is 65.2 Å². The van der Waals surface area contributed by atoms with Gasteiger partial charge in [0.05, 0.1) is 0 Å². The minimum absolute atomic E-state index is 0.217. The number of benzene rings is 2. The summed E-state index contributed by atoms with van der Waals surface area (Å²) in [6, 6.07) is 17.3. The van der Waals surface area contributed by atoms with Gasteiger partial charge in [0, 0.05) is 35.5 Å². The van der Waals surface area contributed by atoms with E-state index in [0.717, 1.165) is 5.56 Å². The Balaban J connectivity index is 1.41. The maximum absolute atomic E-state index is 13.0. The Morgan fingerprint density at radius 3 is 2.17 bits per heavy atom. The number of anilines is 3. The first-order chi connectivity index (χ1) is 16.6. The van der Waals surface area contributed by atoms with Gasteiger partial charge in [-0.05, 0) is 24.3 Å². The van der Waals surface area contributed by atoms with Crippen LogP contribution >= 0.6 is 11.6 Å². The van der Waals surface area contributed by atoms with Crippen LogP contribution in [0.3, 0.4) is 0 Å². The van der Waals surface area contributed by atoms with Gasteiger partial charge in [-0.15, -0.1) is 0 Å². The average Bonchev–Trinajstić information content (AvgIpc) is 3.40. The largest absolute Gasteiger partial charge is 0.359 e. The summed E-state index contributed by atoms with van der Waals surface area (Å²) in [7, 11) is 1.68. The summed E-state index contributed by atoms with van der Waals surface area (Å²) in [6.45, 7) is 5.97. The fourth-order valence-electron chi connectivity index (χ4n) is 3.30. The van der Waals surface area contributed by atoms with Crippen LogP contribution in [0.5, 0.6) is 0 Å². The highest BCUT2D eigenvalue weighted by atomic mass is 35.5. The molecule has 0 aliphatic heterocycles. The van der Waals surface area contributed by atoms with Crippen molar-refractivity contribution in [1.29, 1.82) is 0 Å². The molecule has 0 saturated heterocycles. The van der Waals surface area contributed by atoms with Crippen molar-refractivity contribution in [3.8, 4) is 11.3 Å². The Morgan fingerprint density at radius 1 is 0.943 bits per heavy atom. The van der Waals surface area contributed by atoms with Gasteiger partial charge in [-0.2, -0.15) is 5.10 Å². The molecule has 0 spiro atoms. The Labute approximate surface area is 207 Å². The summed E-state index contributed by atoms with van der Waals surface area (Å²) in [4.78, 5) is 25.3. The van der Waals surface area contributed by atoms with Gasteiger partial charge < -0.3 is 15.2 Å². The Hall–Kier alpha value is -4.11. The van der Waals surface area contributed by atoms with Crippen LogP contribution in [-0.4, -0.2) is 26.9 Å². The van der Waals surface area contributed by atoms with Crippen LogP contribution in [0.2, 0.25) is 5.15 Å². The average molecular weight is 493 g/mol. The molecule has 35 heavy (non-hydrogen) atoms. The molecule has 3 N–H and O–H groups in total. The van der Waals surface area contributed by atoms with Gasteiger partial charge in [0.15, 0.2) is 5.82 Å².